The molecule has 2 aromatic carbocycles. The highest BCUT2D eigenvalue weighted by Crippen LogP contribution is 2.28. The molecule has 5 heteroatoms. The third kappa shape index (κ3) is 3.15. The summed E-state index contributed by atoms with van der Waals surface area (Å²) in [5.41, 5.74) is 1.73. The average Bonchev–Trinajstić information content (AvgIpc) is 2.35. The van der Waals surface area contributed by atoms with Crippen LogP contribution in [0.2, 0.25) is 0 Å². The van der Waals surface area contributed by atoms with Gasteiger partial charge in [-0.25, -0.2) is 13.2 Å². The van der Waals surface area contributed by atoms with E-state index in [2.05, 4.69) is 21.2 Å². The zero-order valence-electron chi connectivity index (χ0n) is 11.0. The van der Waals surface area contributed by atoms with E-state index >= 15 is 0 Å². The van der Waals surface area contributed by atoms with Gasteiger partial charge < -0.3 is 5.32 Å². The van der Waals surface area contributed by atoms with Crippen molar-refractivity contribution in [3.63, 3.8) is 0 Å². The van der Waals surface area contributed by atoms with Gasteiger partial charge in [-0.15, -0.1) is 0 Å². The lowest BCUT2D eigenvalue weighted by Gasteiger charge is -2.18. The monoisotopic (exact) mass is 343 g/mol. The Morgan fingerprint density at radius 3 is 2.40 bits per heavy atom. The molecule has 0 aliphatic carbocycles. The van der Waals surface area contributed by atoms with Gasteiger partial charge in [0, 0.05) is 17.3 Å². The van der Waals surface area contributed by atoms with E-state index in [1.807, 2.05) is 6.92 Å². The average molecular weight is 344 g/mol. The molecule has 0 heterocycles. The molecule has 106 valence electrons. The van der Waals surface area contributed by atoms with Gasteiger partial charge in [-0.2, -0.15) is 0 Å². The van der Waals surface area contributed by atoms with Gasteiger partial charge in [-0.1, -0.05) is 6.07 Å². The van der Waals surface area contributed by atoms with Crippen LogP contribution in [0, 0.1) is 24.4 Å². The molecule has 0 fully saturated rings. The lowest BCUT2D eigenvalue weighted by Crippen LogP contribution is -2.10. The molecular weight excluding hydrogens is 331 g/mol. The number of hydrogen-bond donors (Lipinski definition) is 1. The van der Waals surface area contributed by atoms with Crippen molar-refractivity contribution in [3.05, 3.63) is 63.4 Å². The molecule has 0 radical (unpaired) electrons. The largest absolute Gasteiger partial charge is 0.378 e. The Hall–Kier alpha value is -1.49. The van der Waals surface area contributed by atoms with E-state index in [0.717, 1.165) is 11.6 Å². The van der Waals surface area contributed by atoms with Crippen molar-refractivity contribution in [2.24, 2.45) is 0 Å². The lowest BCUT2D eigenvalue weighted by atomic mass is 10.1. The van der Waals surface area contributed by atoms with E-state index in [1.54, 1.807) is 13.0 Å². The third-order valence-electron chi connectivity index (χ3n) is 3.07. The molecule has 0 aliphatic heterocycles. The molecule has 1 atom stereocenters. The Bertz CT molecular complexity index is 643. The van der Waals surface area contributed by atoms with E-state index in [-0.39, 0.29) is 0 Å². The Balaban J connectivity index is 2.27. The van der Waals surface area contributed by atoms with Gasteiger partial charge >= 0.3 is 0 Å². The highest BCUT2D eigenvalue weighted by atomic mass is 79.9. The summed E-state index contributed by atoms with van der Waals surface area (Å²) in [6.07, 6.45) is 0. The first kappa shape index (κ1) is 14.9. The highest BCUT2D eigenvalue weighted by Gasteiger charge is 2.13. The molecule has 1 unspecified atom stereocenters. The van der Waals surface area contributed by atoms with Crippen LogP contribution in [-0.2, 0) is 0 Å². The Labute approximate surface area is 123 Å². The summed E-state index contributed by atoms with van der Waals surface area (Å²) in [7, 11) is 0. The maximum absolute atomic E-state index is 13.7. The first-order valence-corrected chi connectivity index (χ1v) is 6.85. The summed E-state index contributed by atoms with van der Waals surface area (Å²) in [5, 5.41) is 3.03. The van der Waals surface area contributed by atoms with Gasteiger partial charge in [-0.3, -0.25) is 0 Å². The summed E-state index contributed by atoms with van der Waals surface area (Å²) in [6.45, 7) is 3.55. The summed E-state index contributed by atoms with van der Waals surface area (Å²) in [4.78, 5) is 0. The second-order valence-corrected chi connectivity index (χ2v) is 5.47. The maximum Gasteiger partial charge on any atom is 0.139 e. The van der Waals surface area contributed by atoms with Crippen LogP contribution in [0.25, 0.3) is 0 Å². The summed E-state index contributed by atoms with van der Waals surface area (Å²) in [6, 6.07) is 6.00. The molecule has 0 bridgehead atoms. The molecule has 1 nitrogen and oxygen atoms in total. The fourth-order valence-corrected chi connectivity index (χ4v) is 2.42. The van der Waals surface area contributed by atoms with Gasteiger partial charge in [-0.05, 0) is 53.5 Å². The maximum atomic E-state index is 13.7. The third-order valence-corrected chi connectivity index (χ3v) is 3.68. The van der Waals surface area contributed by atoms with Crippen LogP contribution in [0.3, 0.4) is 0 Å². The number of halogens is 4. The molecule has 1 N–H and O–H groups in total. The number of nitrogens with one attached hydrogen (secondary N) is 1. The van der Waals surface area contributed by atoms with Gasteiger partial charge in [0.15, 0.2) is 0 Å². The molecule has 0 spiro atoms. The van der Waals surface area contributed by atoms with Crippen molar-refractivity contribution >= 4 is 21.6 Å². The summed E-state index contributed by atoms with van der Waals surface area (Å²) in [5.74, 6) is -1.64. The van der Waals surface area contributed by atoms with E-state index in [9.17, 15) is 13.2 Å². The Morgan fingerprint density at radius 1 is 1.05 bits per heavy atom. The molecule has 2 aromatic rings. The minimum absolute atomic E-state index is 0.328. The molecule has 0 aromatic heterocycles. The standard InChI is InChI=1S/C15H13BrF3N/c1-8-5-12(16)14(19)7-15(8)20-9(2)11-4-3-10(17)6-13(11)18/h3-7,9,20H,1-2H3. The molecular formula is C15H13BrF3N. The van der Waals surface area contributed by atoms with Crippen LogP contribution < -0.4 is 5.32 Å². The van der Waals surface area contributed by atoms with Crippen molar-refractivity contribution in [2.75, 3.05) is 5.32 Å². The van der Waals surface area contributed by atoms with Gasteiger partial charge in [0.1, 0.15) is 17.5 Å². The minimum Gasteiger partial charge on any atom is -0.378 e. The van der Waals surface area contributed by atoms with Crippen molar-refractivity contribution < 1.29 is 13.2 Å². The molecule has 20 heavy (non-hydrogen) atoms. The van der Waals surface area contributed by atoms with Crippen LogP contribution in [0.4, 0.5) is 18.9 Å². The molecule has 0 saturated carbocycles. The quantitative estimate of drug-likeness (QED) is 0.792. The first-order chi connectivity index (χ1) is 9.38. The van der Waals surface area contributed by atoms with E-state index in [0.29, 0.717) is 15.7 Å². The SMILES string of the molecule is Cc1cc(Br)c(F)cc1NC(C)c1ccc(F)cc1F. The van der Waals surface area contributed by atoms with Crippen LogP contribution in [0.5, 0.6) is 0 Å². The number of hydrogen-bond acceptors (Lipinski definition) is 1. The number of rotatable bonds is 3. The number of anilines is 1. The Morgan fingerprint density at radius 2 is 1.75 bits per heavy atom. The molecule has 0 amide bonds. The van der Waals surface area contributed by atoms with Crippen molar-refractivity contribution in [1.29, 1.82) is 0 Å². The summed E-state index contributed by atoms with van der Waals surface area (Å²) < 4.78 is 40.5. The number of aryl methyl sites for hydroxylation is 1. The van der Waals surface area contributed by atoms with E-state index in [1.165, 1.54) is 18.2 Å². The normalized spacial score (nSPS) is 12.3. The lowest BCUT2D eigenvalue weighted by molar-refractivity contribution is 0.566. The Kier molecular flexibility index (Phi) is 4.38. The van der Waals surface area contributed by atoms with Crippen molar-refractivity contribution in [1.82, 2.24) is 0 Å². The van der Waals surface area contributed by atoms with Crippen LogP contribution >= 0.6 is 15.9 Å². The predicted octanol–water partition coefficient (Wildman–Crippen LogP) is 5.35. The predicted molar refractivity (Wildman–Crippen MR) is 77.2 cm³/mol. The zero-order chi connectivity index (χ0) is 14.9. The summed E-state index contributed by atoms with van der Waals surface area (Å²) >= 11 is 3.11. The van der Waals surface area contributed by atoms with E-state index in [4.69, 9.17) is 0 Å². The molecule has 0 aliphatic rings. The van der Waals surface area contributed by atoms with Crippen LogP contribution in [0.15, 0.2) is 34.8 Å². The molecule has 2 rings (SSSR count). The first-order valence-electron chi connectivity index (χ1n) is 6.05. The smallest absolute Gasteiger partial charge is 0.139 e. The van der Waals surface area contributed by atoms with Gasteiger partial charge in [0.2, 0.25) is 0 Å². The highest BCUT2D eigenvalue weighted by molar-refractivity contribution is 9.10. The minimum atomic E-state index is -0.625. The zero-order valence-corrected chi connectivity index (χ0v) is 12.6. The molecule has 0 saturated heterocycles. The van der Waals surface area contributed by atoms with Crippen molar-refractivity contribution in [2.45, 2.75) is 19.9 Å². The number of benzene rings is 2. The van der Waals surface area contributed by atoms with E-state index < -0.39 is 23.5 Å². The van der Waals surface area contributed by atoms with Crippen molar-refractivity contribution in [3.8, 4) is 0 Å². The van der Waals surface area contributed by atoms with Gasteiger partial charge in [0.05, 0.1) is 10.5 Å². The second kappa shape index (κ2) is 5.87. The van der Waals surface area contributed by atoms with Crippen LogP contribution in [0.1, 0.15) is 24.1 Å². The fourth-order valence-electron chi connectivity index (χ4n) is 1.97. The van der Waals surface area contributed by atoms with Gasteiger partial charge in [0.25, 0.3) is 0 Å². The van der Waals surface area contributed by atoms with Crippen LogP contribution in [-0.4, -0.2) is 0 Å². The fraction of sp³-hybridized carbons (Fsp3) is 0.200. The second-order valence-electron chi connectivity index (χ2n) is 4.61. The topological polar surface area (TPSA) is 12.0 Å².